The van der Waals surface area contributed by atoms with E-state index in [-0.39, 0.29) is 22.2 Å². The molecule has 2 aromatic heterocycles. The maximum atomic E-state index is 13.0. The number of alkyl halides is 3. The first-order valence-corrected chi connectivity index (χ1v) is 10.2. The van der Waals surface area contributed by atoms with E-state index in [1.165, 1.54) is 12.1 Å². The molecule has 0 unspecified atom stereocenters. The summed E-state index contributed by atoms with van der Waals surface area (Å²) in [4.78, 5) is 20.5. The van der Waals surface area contributed by atoms with Crippen molar-refractivity contribution in [2.75, 3.05) is 0 Å². The number of rotatable bonds is 5. The average molecular weight is 550 g/mol. The van der Waals surface area contributed by atoms with Crippen LogP contribution in [0.15, 0.2) is 66.9 Å². The van der Waals surface area contributed by atoms with Crippen molar-refractivity contribution in [2.24, 2.45) is 0 Å². The lowest BCUT2D eigenvalue weighted by Crippen LogP contribution is -2.06. The number of benzene rings is 2. The van der Waals surface area contributed by atoms with Crippen LogP contribution in [0.25, 0.3) is 33.4 Å². The molecule has 0 saturated heterocycles. The Morgan fingerprint density at radius 1 is 0.969 bits per heavy atom. The van der Waals surface area contributed by atoms with Crippen LogP contribution >= 0.6 is 23.0 Å². The molecule has 0 saturated carbocycles. The van der Waals surface area contributed by atoms with E-state index in [0.29, 0.717) is 12.3 Å². The molecule has 0 aliphatic rings. The molecule has 0 amide bonds. The Balaban J connectivity index is 1.72. The molecule has 162 valence electrons. The van der Waals surface area contributed by atoms with Gasteiger partial charge in [-0.1, -0.05) is 30.3 Å². The molecule has 5 nitrogen and oxygen atoms in total. The van der Waals surface area contributed by atoms with Gasteiger partial charge in [-0.2, -0.15) is 13.2 Å². The second kappa shape index (κ2) is 8.83. The summed E-state index contributed by atoms with van der Waals surface area (Å²) < 4.78 is 44.2. The number of hydrogen-bond donors (Lipinski definition) is 1. The average Bonchev–Trinajstić information content (AvgIpc) is 2.78. The fraction of sp³-hybridized carbons (Fsp3) is 0.0870. The minimum absolute atomic E-state index is 0.0803. The highest BCUT2D eigenvalue weighted by Gasteiger charge is 2.31. The Morgan fingerprint density at radius 3 is 2.28 bits per heavy atom. The summed E-state index contributed by atoms with van der Waals surface area (Å²) in [6.45, 7) is 0.502. The Kier molecular flexibility index (Phi) is 6.11. The topological polar surface area (TPSA) is 72.3 Å². The van der Waals surface area contributed by atoms with Crippen LogP contribution in [0, 0.1) is 0 Å². The first-order chi connectivity index (χ1) is 15.3. The predicted octanol–water partition coefficient (Wildman–Crippen LogP) is 6.55. The summed E-state index contributed by atoms with van der Waals surface area (Å²) >= 11 is 1.83. The molecule has 0 aliphatic heterocycles. The molecule has 1 N–H and O–H groups in total. The third-order valence-electron chi connectivity index (χ3n) is 4.90. The zero-order valence-electron chi connectivity index (χ0n) is 16.2. The Morgan fingerprint density at radius 2 is 1.69 bits per heavy atom. The number of halogens is 4. The van der Waals surface area contributed by atoms with E-state index in [4.69, 9.17) is 3.07 Å². The number of carboxylic acid groups (broad SMARTS) is 1. The third-order valence-corrected chi connectivity index (χ3v) is 5.21. The lowest BCUT2D eigenvalue weighted by Gasteiger charge is -2.11. The number of hydrogen-bond acceptors (Lipinski definition) is 4. The number of carboxylic acids is 1. The molecule has 4 rings (SSSR count). The van der Waals surface area contributed by atoms with Crippen molar-refractivity contribution < 1.29 is 26.1 Å². The number of nitrogens with zero attached hydrogens (tertiary/aromatic N) is 2. The summed E-state index contributed by atoms with van der Waals surface area (Å²) in [6.07, 6.45) is -2.94. The molecule has 32 heavy (non-hydrogen) atoms. The van der Waals surface area contributed by atoms with Gasteiger partial charge in [0.2, 0.25) is 0 Å². The molecule has 2 heterocycles. The second-order valence-corrected chi connectivity index (χ2v) is 7.60. The van der Waals surface area contributed by atoms with Gasteiger partial charge >= 0.3 is 12.1 Å². The van der Waals surface area contributed by atoms with Crippen molar-refractivity contribution in [3.8, 4) is 22.5 Å². The van der Waals surface area contributed by atoms with Gasteiger partial charge in [0.05, 0.1) is 34.6 Å². The maximum absolute atomic E-state index is 13.0. The molecule has 0 spiro atoms. The van der Waals surface area contributed by atoms with E-state index in [2.05, 4.69) is 9.97 Å². The van der Waals surface area contributed by atoms with Gasteiger partial charge in [-0.3, -0.25) is 4.98 Å². The highest BCUT2D eigenvalue weighted by Crippen LogP contribution is 2.33. The molecule has 0 bridgehead atoms. The van der Waals surface area contributed by atoms with Gasteiger partial charge in [-0.05, 0) is 41.5 Å². The number of fused-ring (bicyclic) bond motifs is 1. The van der Waals surface area contributed by atoms with Crippen LogP contribution in [-0.4, -0.2) is 21.0 Å². The van der Waals surface area contributed by atoms with Crippen LogP contribution in [-0.2, 0) is 15.8 Å². The fourth-order valence-electron chi connectivity index (χ4n) is 3.28. The normalized spacial score (nSPS) is 11.6. The van der Waals surface area contributed by atoms with Crippen molar-refractivity contribution in [1.82, 2.24) is 9.97 Å². The van der Waals surface area contributed by atoms with Crippen molar-refractivity contribution in [2.45, 2.75) is 12.8 Å². The number of aromatic nitrogens is 2. The number of carbonyl (C=O) groups is 1. The first kappa shape index (κ1) is 22.2. The van der Waals surface area contributed by atoms with Crippen LogP contribution in [0.5, 0.6) is 0 Å². The van der Waals surface area contributed by atoms with Gasteiger partial charge in [0.25, 0.3) is 0 Å². The number of aromatic carboxylic acids is 1. The van der Waals surface area contributed by atoms with Crippen LogP contribution in [0.3, 0.4) is 0 Å². The predicted molar refractivity (Wildman–Crippen MR) is 121 cm³/mol. The summed E-state index contributed by atoms with van der Waals surface area (Å²) in [5.74, 6) is -1.34. The third kappa shape index (κ3) is 4.58. The molecule has 0 radical (unpaired) electrons. The van der Waals surface area contributed by atoms with Gasteiger partial charge in [-0.15, -0.1) is 0 Å². The van der Waals surface area contributed by atoms with Crippen molar-refractivity contribution in [3.05, 3.63) is 83.6 Å². The maximum Gasteiger partial charge on any atom is 0.416 e. The molecule has 2 aromatic carbocycles. The Labute approximate surface area is 194 Å². The molecule has 0 aliphatic carbocycles. The standard InChI is InChI=1S/C23H14F3IN2O3/c24-23(25,26)16-6-8-19-17(9-16)18(22(30)31)10-21(29-19)20-7-5-15(11-28-20)14-3-1-13(2-4-14)12-32-27/h1-11H,12H2,(H,30,31). The smallest absolute Gasteiger partial charge is 0.416 e. The Bertz CT molecular complexity index is 1290. The zero-order chi connectivity index (χ0) is 22.9. The molecule has 4 aromatic rings. The van der Waals surface area contributed by atoms with Crippen LogP contribution in [0.2, 0.25) is 0 Å². The van der Waals surface area contributed by atoms with E-state index < -0.39 is 17.7 Å². The van der Waals surface area contributed by atoms with Crippen LogP contribution in [0.1, 0.15) is 21.5 Å². The van der Waals surface area contributed by atoms with Crippen molar-refractivity contribution >= 4 is 39.9 Å². The van der Waals surface area contributed by atoms with Gasteiger partial charge in [0.1, 0.15) is 23.0 Å². The van der Waals surface area contributed by atoms with Gasteiger partial charge in [0.15, 0.2) is 0 Å². The molecular formula is C23H14F3IN2O3. The van der Waals surface area contributed by atoms with E-state index in [9.17, 15) is 23.1 Å². The lowest BCUT2D eigenvalue weighted by atomic mass is 10.0. The van der Waals surface area contributed by atoms with E-state index >= 15 is 0 Å². The monoisotopic (exact) mass is 550 g/mol. The molecule has 0 atom stereocenters. The van der Waals surface area contributed by atoms with Gasteiger partial charge < -0.3 is 8.17 Å². The van der Waals surface area contributed by atoms with E-state index in [0.717, 1.165) is 28.8 Å². The Hall–Kier alpha value is -3.05. The van der Waals surface area contributed by atoms with Crippen LogP contribution < -0.4 is 0 Å². The molecule has 0 fully saturated rings. The quantitative estimate of drug-likeness (QED) is 0.286. The summed E-state index contributed by atoms with van der Waals surface area (Å²) in [5.41, 5.74) is 2.44. The highest BCUT2D eigenvalue weighted by atomic mass is 127. The van der Waals surface area contributed by atoms with Crippen LogP contribution in [0.4, 0.5) is 13.2 Å². The van der Waals surface area contributed by atoms with Gasteiger partial charge in [-0.25, -0.2) is 9.78 Å². The summed E-state index contributed by atoms with van der Waals surface area (Å²) in [5, 5.41) is 9.48. The van der Waals surface area contributed by atoms with E-state index in [1.807, 2.05) is 53.3 Å². The van der Waals surface area contributed by atoms with Crippen molar-refractivity contribution in [3.63, 3.8) is 0 Å². The minimum atomic E-state index is -4.58. The first-order valence-electron chi connectivity index (χ1n) is 9.31. The molecule has 9 heteroatoms. The fourth-order valence-corrected chi connectivity index (χ4v) is 3.64. The van der Waals surface area contributed by atoms with E-state index in [1.54, 1.807) is 12.3 Å². The van der Waals surface area contributed by atoms with Crippen molar-refractivity contribution in [1.29, 1.82) is 0 Å². The van der Waals surface area contributed by atoms with Gasteiger partial charge in [0, 0.05) is 17.1 Å². The summed E-state index contributed by atoms with van der Waals surface area (Å²) in [6, 6.07) is 15.4. The zero-order valence-corrected chi connectivity index (χ0v) is 18.4. The minimum Gasteiger partial charge on any atom is -0.478 e. The largest absolute Gasteiger partial charge is 0.478 e. The lowest BCUT2D eigenvalue weighted by molar-refractivity contribution is -0.137. The SMILES string of the molecule is O=C(O)c1cc(-c2ccc(-c3ccc(COI)cc3)cn2)nc2ccc(C(F)(F)F)cc12. The second-order valence-electron chi connectivity index (χ2n) is 6.97. The highest BCUT2D eigenvalue weighted by molar-refractivity contribution is 14.1. The molecular weight excluding hydrogens is 536 g/mol. The number of pyridine rings is 2. The summed E-state index contributed by atoms with van der Waals surface area (Å²) in [7, 11) is 0.